The fourth-order valence-corrected chi connectivity index (χ4v) is 2.20. The molecule has 0 saturated heterocycles. The molecule has 3 N–H and O–H groups in total. The summed E-state index contributed by atoms with van der Waals surface area (Å²) in [5.41, 5.74) is 6.61. The number of nitrogens with two attached hydrogens (primary N) is 1. The highest BCUT2D eigenvalue weighted by Crippen LogP contribution is 2.33. The first kappa shape index (κ1) is 13.9. The molecule has 1 aliphatic carbocycles. The van der Waals surface area contributed by atoms with Crippen molar-refractivity contribution in [2.45, 2.75) is 25.3 Å². The highest BCUT2D eigenvalue weighted by atomic mass is 16.5. The van der Waals surface area contributed by atoms with Crippen molar-refractivity contribution < 1.29 is 9.47 Å². The second-order valence-corrected chi connectivity index (χ2v) is 5.21. The van der Waals surface area contributed by atoms with Crippen LogP contribution >= 0.6 is 0 Å². The van der Waals surface area contributed by atoms with Gasteiger partial charge in [-0.2, -0.15) is 0 Å². The van der Waals surface area contributed by atoms with Gasteiger partial charge in [-0.05, 0) is 31.9 Å². The molecule has 0 unspecified atom stereocenters. The second kappa shape index (κ2) is 6.13. The Morgan fingerprint density at radius 3 is 2.90 bits per heavy atom. The van der Waals surface area contributed by atoms with E-state index in [0.29, 0.717) is 23.9 Å². The molecule has 0 atom stereocenters. The molecule has 1 aliphatic rings. The molecule has 3 rings (SSSR count). The summed E-state index contributed by atoms with van der Waals surface area (Å²) >= 11 is 0. The molecule has 21 heavy (non-hydrogen) atoms. The van der Waals surface area contributed by atoms with E-state index < -0.39 is 0 Å². The van der Waals surface area contributed by atoms with Gasteiger partial charge in [0.1, 0.15) is 12.1 Å². The van der Waals surface area contributed by atoms with Crippen molar-refractivity contribution in [2.75, 3.05) is 26.0 Å². The third-order valence-electron chi connectivity index (χ3n) is 3.54. The summed E-state index contributed by atoms with van der Waals surface area (Å²) in [5, 5.41) is 4.24. The van der Waals surface area contributed by atoms with Crippen LogP contribution in [-0.2, 0) is 0 Å². The number of nitrogen functional groups attached to an aromatic ring is 1. The first-order valence-corrected chi connectivity index (χ1v) is 7.22. The van der Waals surface area contributed by atoms with Crippen LogP contribution < -0.4 is 20.5 Å². The smallest absolute Gasteiger partial charge is 0.163 e. The van der Waals surface area contributed by atoms with Gasteiger partial charge >= 0.3 is 0 Å². The van der Waals surface area contributed by atoms with Crippen molar-refractivity contribution >= 4 is 16.7 Å². The van der Waals surface area contributed by atoms with Gasteiger partial charge in [0.2, 0.25) is 0 Å². The third kappa shape index (κ3) is 3.33. The van der Waals surface area contributed by atoms with Crippen LogP contribution in [0.4, 0.5) is 5.82 Å². The van der Waals surface area contributed by atoms with Crippen molar-refractivity contribution in [3.8, 4) is 11.5 Å². The van der Waals surface area contributed by atoms with Crippen molar-refractivity contribution in [2.24, 2.45) is 0 Å². The Hall–Kier alpha value is -2.08. The number of hydrogen-bond donors (Lipinski definition) is 2. The zero-order chi connectivity index (χ0) is 14.7. The first-order chi connectivity index (χ1) is 10.3. The van der Waals surface area contributed by atoms with Crippen LogP contribution in [0.1, 0.15) is 19.3 Å². The largest absolute Gasteiger partial charge is 0.493 e. The van der Waals surface area contributed by atoms with Gasteiger partial charge in [-0.25, -0.2) is 9.97 Å². The number of hydrogen-bond acceptors (Lipinski definition) is 6. The third-order valence-corrected chi connectivity index (χ3v) is 3.54. The maximum Gasteiger partial charge on any atom is 0.163 e. The van der Waals surface area contributed by atoms with Gasteiger partial charge < -0.3 is 20.5 Å². The van der Waals surface area contributed by atoms with Gasteiger partial charge in [-0.1, -0.05) is 0 Å². The van der Waals surface area contributed by atoms with Crippen molar-refractivity contribution in [1.29, 1.82) is 0 Å². The Morgan fingerprint density at radius 1 is 1.29 bits per heavy atom. The number of nitrogens with one attached hydrogen (secondary N) is 1. The molecule has 0 bridgehead atoms. The van der Waals surface area contributed by atoms with Gasteiger partial charge in [-0.15, -0.1) is 0 Å². The Bertz CT molecular complexity index is 628. The fourth-order valence-electron chi connectivity index (χ4n) is 2.20. The minimum atomic E-state index is 0.443. The summed E-state index contributed by atoms with van der Waals surface area (Å²) in [5.74, 6) is 1.78. The average Bonchev–Trinajstić information content (AvgIpc) is 3.31. The lowest BCUT2D eigenvalue weighted by atomic mass is 10.2. The Kier molecular flexibility index (Phi) is 4.06. The molecule has 112 valence electrons. The number of aromatic nitrogens is 2. The SMILES string of the molecule is COc1cc2c(N)ncnc2cc1OCCCNC1CC1. The number of rotatable bonds is 7. The van der Waals surface area contributed by atoms with E-state index in [4.69, 9.17) is 15.2 Å². The highest BCUT2D eigenvalue weighted by Gasteiger charge is 2.19. The molecular weight excluding hydrogens is 268 g/mol. The summed E-state index contributed by atoms with van der Waals surface area (Å²) in [6.45, 7) is 1.62. The molecule has 1 fully saturated rings. The number of nitrogens with zero attached hydrogens (tertiary/aromatic N) is 2. The quantitative estimate of drug-likeness (QED) is 0.755. The van der Waals surface area contributed by atoms with E-state index in [1.54, 1.807) is 7.11 Å². The summed E-state index contributed by atoms with van der Waals surface area (Å²) in [4.78, 5) is 8.20. The van der Waals surface area contributed by atoms with Crippen LogP contribution in [-0.4, -0.2) is 36.3 Å². The Morgan fingerprint density at radius 2 is 2.14 bits per heavy atom. The predicted molar refractivity (Wildman–Crippen MR) is 81.6 cm³/mol. The molecule has 0 spiro atoms. The van der Waals surface area contributed by atoms with E-state index in [0.717, 1.165) is 29.9 Å². The van der Waals surface area contributed by atoms with Crippen LogP contribution in [0.15, 0.2) is 18.5 Å². The second-order valence-electron chi connectivity index (χ2n) is 5.21. The molecule has 6 heteroatoms. The maximum absolute atomic E-state index is 5.85. The topological polar surface area (TPSA) is 82.3 Å². The molecule has 1 aromatic heterocycles. The lowest BCUT2D eigenvalue weighted by Crippen LogP contribution is -2.19. The van der Waals surface area contributed by atoms with E-state index in [-0.39, 0.29) is 0 Å². The monoisotopic (exact) mass is 288 g/mol. The lowest BCUT2D eigenvalue weighted by molar-refractivity contribution is 0.288. The number of ether oxygens (including phenoxy) is 2. The van der Waals surface area contributed by atoms with Gasteiger partial charge in [0, 0.05) is 17.5 Å². The molecule has 1 saturated carbocycles. The minimum Gasteiger partial charge on any atom is -0.493 e. The maximum atomic E-state index is 5.85. The Balaban J connectivity index is 1.67. The molecule has 0 radical (unpaired) electrons. The highest BCUT2D eigenvalue weighted by molar-refractivity contribution is 5.90. The van der Waals surface area contributed by atoms with Gasteiger partial charge in [0.15, 0.2) is 11.5 Å². The van der Waals surface area contributed by atoms with E-state index in [9.17, 15) is 0 Å². The predicted octanol–water partition coefficient (Wildman–Crippen LogP) is 1.74. The lowest BCUT2D eigenvalue weighted by Gasteiger charge is -2.12. The van der Waals surface area contributed by atoms with Gasteiger partial charge in [-0.3, -0.25) is 0 Å². The minimum absolute atomic E-state index is 0.443. The number of anilines is 1. The van der Waals surface area contributed by atoms with Crippen LogP contribution in [0.25, 0.3) is 10.9 Å². The van der Waals surface area contributed by atoms with Gasteiger partial charge in [0.25, 0.3) is 0 Å². The first-order valence-electron chi connectivity index (χ1n) is 7.22. The van der Waals surface area contributed by atoms with Crippen molar-refractivity contribution in [3.63, 3.8) is 0 Å². The van der Waals surface area contributed by atoms with Crippen molar-refractivity contribution in [1.82, 2.24) is 15.3 Å². The zero-order valence-corrected chi connectivity index (χ0v) is 12.1. The Labute approximate surface area is 123 Å². The fraction of sp³-hybridized carbons (Fsp3) is 0.467. The summed E-state index contributed by atoms with van der Waals surface area (Å²) in [6.07, 6.45) is 5.03. The molecule has 6 nitrogen and oxygen atoms in total. The molecule has 0 amide bonds. The van der Waals surface area contributed by atoms with Crippen molar-refractivity contribution in [3.05, 3.63) is 18.5 Å². The summed E-state index contributed by atoms with van der Waals surface area (Å²) in [7, 11) is 1.61. The van der Waals surface area contributed by atoms with E-state index in [1.165, 1.54) is 19.2 Å². The van der Waals surface area contributed by atoms with E-state index >= 15 is 0 Å². The van der Waals surface area contributed by atoms with Crippen LogP contribution in [0.5, 0.6) is 11.5 Å². The zero-order valence-electron chi connectivity index (χ0n) is 12.1. The molecule has 0 aliphatic heterocycles. The number of benzene rings is 1. The van der Waals surface area contributed by atoms with Crippen LogP contribution in [0.2, 0.25) is 0 Å². The van der Waals surface area contributed by atoms with Crippen LogP contribution in [0, 0.1) is 0 Å². The normalized spacial score (nSPS) is 14.3. The molecular formula is C15H20N4O2. The van der Waals surface area contributed by atoms with E-state index in [2.05, 4.69) is 15.3 Å². The molecule has 1 aromatic carbocycles. The molecule has 2 aromatic rings. The average molecular weight is 288 g/mol. The summed E-state index contributed by atoms with van der Waals surface area (Å²) in [6, 6.07) is 4.41. The van der Waals surface area contributed by atoms with Gasteiger partial charge in [0.05, 0.1) is 19.2 Å². The van der Waals surface area contributed by atoms with E-state index in [1.807, 2.05) is 12.1 Å². The number of methoxy groups -OCH3 is 1. The number of fused-ring (bicyclic) bond motifs is 1. The molecule has 1 heterocycles. The standard InChI is InChI=1S/C15H20N4O2/c1-20-13-7-11-12(18-9-19-15(11)16)8-14(13)21-6-2-5-17-10-3-4-10/h7-10,17H,2-6H2,1H3,(H2,16,18,19). The summed E-state index contributed by atoms with van der Waals surface area (Å²) < 4.78 is 11.2. The van der Waals surface area contributed by atoms with Crippen LogP contribution in [0.3, 0.4) is 0 Å².